The number of benzene rings is 10. The quantitative estimate of drug-likeness (QED) is 0.165. The van der Waals surface area contributed by atoms with E-state index in [9.17, 15) is 0 Å². The van der Waals surface area contributed by atoms with Crippen molar-refractivity contribution >= 4 is 87.2 Å². The summed E-state index contributed by atoms with van der Waals surface area (Å²) in [6.45, 7) is 0. The molecule has 4 heterocycles. The predicted molar refractivity (Wildman–Crippen MR) is 269 cm³/mol. The first-order valence-corrected chi connectivity index (χ1v) is 22.0. The molecular formula is C60H38N4. The standard InChI is InChI=1S/C60H38N4/c1-9-25-51-41(17-1)42-18-2-10-26-52(42)61(51)39-33-35-49-47-23-7-15-31-57(47)63(59(49)37-39)55-29-13-5-21-45(55)46-22-6-14-30-56(46)64-58-32-16-8-24-48(58)50-36-34-40(38-60(50)64)62-53-27-11-3-19-43(53)44-20-4-12-28-54(44)62/h1-38H. The van der Waals surface area contributed by atoms with Crippen LogP contribution in [0.5, 0.6) is 0 Å². The van der Waals surface area contributed by atoms with Crippen LogP contribution in [-0.4, -0.2) is 18.3 Å². The van der Waals surface area contributed by atoms with Gasteiger partial charge in [-0.25, -0.2) is 0 Å². The van der Waals surface area contributed by atoms with Crippen molar-refractivity contribution in [2.75, 3.05) is 0 Å². The average Bonchev–Trinajstić information content (AvgIpc) is 4.08. The molecule has 0 N–H and O–H groups in total. The normalized spacial score (nSPS) is 12.1. The third-order valence-corrected chi connectivity index (χ3v) is 13.6. The van der Waals surface area contributed by atoms with Gasteiger partial charge in [-0.15, -0.1) is 0 Å². The number of rotatable bonds is 5. The predicted octanol–water partition coefficient (Wildman–Crippen LogP) is 15.7. The van der Waals surface area contributed by atoms with Gasteiger partial charge in [0.25, 0.3) is 0 Å². The second-order valence-corrected chi connectivity index (χ2v) is 16.9. The van der Waals surface area contributed by atoms with Gasteiger partial charge in [-0.1, -0.05) is 158 Å². The van der Waals surface area contributed by atoms with Crippen molar-refractivity contribution in [2.45, 2.75) is 0 Å². The fourth-order valence-corrected chi connectivity index (χ4v) is 10.9. The largest absolute Gasteiger partial charge is 0.309 e. The van der Waals surface area contributed by atoms with Crippen LogP contribution >= 0.6 is 0 Å². The highest BCUT2D eigenvalue weighted by atomic mass is 15.0. The third-order valence-electron chi connectivity index (χ3n) is 13.6. The first kappa shape index (κ1) is 35.0. The van der Waals surface area contributed by atoms with E-state index in [4.69, 9.17) is 0 Å². The molecule has 4 aromatic heterocycles. The first-order chi connectivity index (χ1) is 31.8. The van der Waals surface area contributed by atoms with E-state index >= 15 is 0 Å². The van der Waals surface area contributed by atoms with Gasteiger partial charge in [-0.05, 0) is 72.8 Å². The van der Waals surface area contributed by atoms with Gasteiger partial charge < -0.3 is 18.3 Å². The fourth-order valence-electron chi connectivity index (χ4n) is 10.9. The molecule has 0 aliphatic carbocycles. The summed E-state index contributed by atoms with van der Waals surface area (Å²) in [5, 5.41) is 9.94. The molecule has 10 aromatic carbocycles. The zero-order valence-corrected chi connectivity index (χ0v) is 34.7. The van der Waals surface area contributed by atoms with E-state index in [1.807, 2.05) is 0 Å². The second-order valence-electron chi connectivity index (χ2n) is 16.9. The smallest absolute Gasteiger partial charge is 0.0562 e. The minimum absolute atomic E-state index is 1.13. The molecule has 0 spiro atoms. The van der Waals surface area contributed by atoms with E-state index in [0.29, 0.717) is 0 Å². The molecule has 0 bridgehead atoms. The summed E-state index contributed by atoms with van der Waals surface area (Å²) in [7, 11) is 0. The summed E-state index contributed by atoms with van der Waals surface area (Å²) in [6.07, 6.45) is 0. The number of hydrogen-bond donors (Lipinski definition) is 0. The summed E-state index contributed by atoms with van der Waals surface area (Å²) in [4.78, 5) is 0. The molecule has 298 valence electrons. The third kappa shape index (κ3) is 4.88. The van der Waals surface area contributed by atoms with E-state index in [1.54, 1.807) is 0 Å². The summed E-state index contributed by atoms with van der Waals surface area (Å²) in [5.74, 6) is 0. The molecule has 64 heavy (non-hydrogen) atoms. The maximum atomic E-state index is 2.49. The van der Waals surface area contributed by atoms with Crippen LogP contribution < -0.4 is 0 Å². The Morgan fingerprint density at radius 2 is 0.438 bits per heavy atom. The Morgan fingerprint density at radius 3 is 0.766 bits per heavy atom. The molecule has 0 saturated carbocycles. The van der Waals surface area contributed by atoms with Gasteiger partial charge in [0.2, 0.25) is 0 Å². The van der Waals surface area contributed by atoms with E-state index in [-0.39, 0.29) is 0 Å². The molecule has 0 saturated heterocycles. The van der Waals surface area contributed by atoms with Crippen LogP contribution in [0.15, 0.2) is 231 Å². The van der Waals surface area contributed by atoms with Crippen molar-refractivity contribution in [3.05, 3.63) is 231 Å². The average molecular weight is 815 g/mol. The van der Waals surface area contributed by atoms with Crippen LogP contribution in [0.3, 0.4) is 0 Å². The molecule has 0 aliphatic heterocycles. The van der Waals surface area contributed by atoms with E-state index in [1.165, 1.54) is 76.2 Å². The van der Waals surface area contributed by atoms with Crippen molar-refractivity contribution in [2.24, 2.45) is 0 Å². The molecule has 0 unspecified atom stereocenters. The summed E-state index contributed by atoms with van der Waals surface area (Å²) < 4.78 is 9.81. The number of para-hydroxylation sites is 8. The maximum Gasteiger partial charge on any atom is 0.0562 e. The fraction of sp³-hybridized carbons (Fsp3) is 0. The van der Waals surface area contributed by atoms with Crippen molar-refractivity contribution < 1.29 is 0 Å². The zero-order valence-electron chi connectivity index (χ0n) is 34.7. The molecule has 4 nitrogen and oxygen atoms in total. The lowest BCUT2D eigenvalue weighted by Crippen LogP contribution is -2.02. The Kier molecular flexibility index (Phi) is 7.36. The molecule has 0 fully saturated rings. The maximum absolute atomic E-state index is 2.49. The van der Waals surface area contributed by atoms with E-state index < -0.39 is 0 Å². The molecule has 0 atom stereocenters. The first-order valence-electron chi connectivity index (χ1n) is 22.0. The Morgan fingerprint density at radius 1 is 0.188 bits per heavy atom. The van der Waals surface area contributed by atoms with Gasteiger partial charge in [-0.3, -0.25) is 0 Å². The Bertz CT molecular complexity index is 3830. The minimum atomic E-state index is 1.13. The van der Waals surface area contributed by atoms with Crippen molar-refractivity contribution in [1.82, 2.24) is 18.3 Å². The highest BCUT2D eigenvalue weighted by Crippen LogP contribution is 2.43. The second kappa shape index (κ2) is 13.4. The van der Waals surface area contributed by atoms with Gasteiger partial charge in [-0.2, -0.15) is 0 Å². The molecular weight excluding hydrogens is 777 g/mol. The Hall–Kier alpha value is -8.60. The number of aromatic nitrogens is 4. The lowest BCUT2D eigenvalue weighted by Gasteiger charge is -2.19. The van der Waals surface area contributed by atoms with Crippen molar-refractivity contribution in [3.8, 4) is 33.9 Å². The van der Waals surface area contributed by atoms with Crippen molar-refractivity contribution in [1.29, 1.82) is 0 Å². The van der Waals surface area contributed by atoms with Crippen LogP contribution in [0.25, 0.3) is 121 Å². The number of nitrogens with zero attached hydrogens (tertiary/aromatic N) is 4. The van der Waals surface area contributed by atoms with E-state index in [0.717, 1.165) is 44.9 Å². The van der Waals surface area contributed by atoms with Crippen LogP contribution in [0.2, 0.25) is 0 Å². The van der Waals surface area contributed by atoms with Crippen LogP contribution in [0, 0.1) is 0 Å². The number of fused-ring (bicyclic) bond motifs is 12. The summed E-state index contributed by atoms with van der Waals surface area (Å²) in [6, 6.07) is 84.6. The topological polar surface area (TPSA) is 19.7 Å². The Balaban J connectivity index is 1.02. The van der Waals surface area contributed by atoms with Gasteiger partial charge in [0.1, 0.15) is 0 Å². The van der Waals surface area contributed by atoms with Gasteiger partial charge in [0.05, 0.1) is 55.5 Å². The van der Waals surface area contributed by atoms with Gasteiger partial charge in [0, 0.05) is 65.6 Å². The van der Waals surface area contributed by atoms with Crippen molar-refractivity contribution in [3.63, 3.8) is 0 Å². The molecule has 0 aliphatic rings. The van der Waals surface area contributed by atoms with Gasteiger partial charge >= 0.3 is 0 Å². The molecule has 4 heteroatoms. The summed E-state index contributed by atoms with van der Waals surface area (Å²) in [5.41, 5.74) is 16.3. The van der Waals surface area contributed by atoms with Crippen LogP contribution in [0.1, 0.15) is 0 Å². The lowest BCUT2D eigenvalue weighted by molar-refractivity contribution is 1.14. The SMILES string of the molecule is c1ccc(-n2c3ccccc3c3ccc(-n4c5ccccc5c5ccccc54)cc32)c(-c2ccccc2-n2c3ccccc3c3ccc(-n4c5ccccc5c5ccccc54)cc32)c1. The van der Waals surface area contributed by atoms with Crippen LogP contribution in [-0.2, 0) is 0 Å². The highest BCUT2D eigenvalue weighted by molar-refractivity contribution is 6.14. The van der Waals surface area contributed by atoms with Gasteiger partial charge in [0.15, 0.2) is 0 Å². The monoisotopic (exact) mass is 814 g/mol. The molecule has 0 radical (unpaired) electrons. The molecule has 14 rings (SSSR count). The zero-order chi connectivity index (χ0) is 41.9. The number of hydrogen-bond acceptors (Lipinski definition) is 0. The van der Waals surface area contributed by atoms with E-state index in [2.05, 4.69) is 249 Å². The highest BCUT2D eigenvalue weighted by Gasteiger charge is 2.22. The molecule has 0 amide bonds. The lowest BCUT2D eigenvalue weighted by atomic mass is 10.0. The summed E-state index contributed by atoms with van der Waals surface area (Å²) >= 11 is 0. The molecule has 14 aromatic rings. The Labute approximate surface area is 368 Å². The van der Waals surface area contributed by atoms with Crippen LogP contribution in [0.4, 0.5) is 0 Å². The minimum Gasteiger partial charge on any atom is -0.309 e.